The van der Waals surface area contributed by atoms with Gasteiger partial charge in [-0.1, -0.05) is 24.3 Å². The molecule has 142 valence electrons. The lowest BCUT2D eigenvalue weighted by molar-refractivity contribution is -0.147. The maximum atomic E-state index is 11.7. The summed E-state index contributed by atoms with van der Waals surface area (Å²) in [6.07, 6.45) is 1.55. The van der Waals surface area contributed by atoms with E-state index in [1.54, 1.807) is 48.5 Å². The summed E-state index contributed by atoms with van der Waals surface area (Å²) in [5.74, 6) is -0.648. The number of carbonyl (C=O) groups excluding carboxylic acids is 2. The highest BCUT2D eigenvalue weighted by atomic mass is 16.5. The number of hydrogen-bond donors (Lipinski definition) is 0. The summed E-state index contributed by atoms with van der Waals surface area (Å²) in [4.78, 5) is 23.5. The van der Waals surface area contributed by atoms with Gasteiger partial charge < -0.3 is 9.47 Å². The van der Waals surface area contributed by atoms with Gasteiger partial charge in [0.15, 0.2) is 0 Å². The Bertz CT molecular complexity index is 799. The molecular weight excluding hydrogens is 356 g/mol. The van der Waals surface area contributed by atoms with Crippen molar-refractivity contribution in [1.29, 1.82) is 10.5 Å². The number of nitriles is 2. The smallest absolute Gasteiger partial charge is 0.306 e. The second-order valence-corrected chi connectivity index (χ2v) is 6.15. The predicted molar refractivity (Wildman–Crippen MR) is 100 cm³/mol. The highest BCUT2D eigenvalue weighted by Gasteiger charge is 2.07. The van der Waals surface area contributed by atoms with Gasteiger partial charge in [-0.15, -0.1) is 0 Å². The van der Waals surface area contributed by atoms with Crippen molar-refractivity contribution in [3.63, 3.8) is 0 Å². The van der Waals surface area contributed by atoms with Crippen LogP contribution in [0, 0.1) is 22.7 Å². The van der Waals surface area contributed by atoms with E-state index in [0.717, 1.165) is 11.1 Å². The lowest BCUT2D eigenvalue weighted by Gasteiger charge is -2.06. The second-order valence-electron chi connectivity index (χ2n) is 6.15. The minimum Gasteiger partial charge on any atom is -0.461 e. The summed E-state index contributed by atoms with van der Waals surface area (Å²) in [5.41, 5.74) is 2.75. The molecule has 2 rings (SSSR count). The Kier molecular flexibility index (Phi) is 8.23. The Morgan fingerprint density at radius 1 is 0.679 bits per heavy atom. The number of rotatable bonds is 9. The first kappa shape index (κ1) is 20.7. The van der Waals surface area contributed by atoms with Crippen LogP contribution in [0.15, 0.2) is 48.5 Å². The molecule has 28 heavy (non-hydrogen) atoms. The fourth-order valence-corrected chi connectivity index (χ4v) is 2.36. The number of unbranched alkanes of at least 4 members (excludes halogenated alkanes) is 1. The highest BCUT2D eigenvalue weighted by Crippen LogP contribution is 2.09. The predicted octanol–water partition coefficient (Wildman–Crippen LogP) is 3.78. The van der Waals surface area contributed by atoms with Gasteiger partial charge in [0.2, 0.25) is 0 Å². The molecule has 0 saturated carbocycles. The molecule has 0 heterocycles. The first-order chi connectivity index (χ1) is 13.6. The summed E-state index contributed by atoms with van der Waals surface area (Å²) < 4.78 is 10.3. The molecule has 0 radical (unpaired) electrons. The van der Waals surface area contributed by atoms with E-state index >= 15 is 0 Å². The van der Waals surface area contributed by atoms with Gasteiger partial charge in [0.1, 0.15) is 13.2 Å². The topological polar surface area (TPSA) is 100 Å². The quantitative estimate of drug-likeness (QED) is 0.488. The molecule has 0 saturated heterocycles. The molecule has 0 amide bonds. The highest BCUT2D eigenvalue weighted by molar-refractivity contribution is 5.70. The molecule has 0 aromatic heterocycles. The van der Waals surface area contributed by atoms with Crippen molar-refractivity contribution in [1.82, 2.24) is 0 Å². The van der Waals surface area contributed by atoms with Crippen LogP contribution in [0.4, 0.5) is 0 Å². The maximum absolute atomic E-state index is 11.7. The molecule has 0 bridgehead atoms. The third kappa shape index (κ3) is 7.31. The molecular formula is C22H20N2O4. The number of carbonyl (C=O) groups is 2. The van der Waals surface area contributed by atoms with E-state index in [4.69, 9.17) is 20.0 Å². The van der Waals surface area contributed by atoms with Crippen molar-refractivity contribution < 1.29 is 19.1 Å². The SMILES string of the molecule is N#Cc1ccc(COC(=O)CCCCC(=O)OCc2ccc(C#N)cc2)cc1. The Morgan fingerprint density at radius 2 is 1.04 bits per heavy atom. The molecule has 0 fully saturated rings. The summed E-state index contributed by atoms with van der Waals surface area (Å²) in [6.45, 7) is 0.328. The minimum absolute atomic E-state index is 0.164. The molecule has 6 heteroatoms. The van der Waals surface area contributed by atoms with Gasteiger partial charge in [-0.3, -0.25) is 9.59 Å². The molecule has 0 atom stereocenters. The molecule has 0 spiro atoms. The Morgan fingerprint density at radius 3 is 1.36 bits per heavy atom. The lowest BCUT2D eigenvalue weighted by Crippen LogP contribution is -2.07. The Balaban J connectivity index is 1.56. The van der Waals surface area contributed by atoms with Crippen molar-refractivity contribution in [2.45, 2.75) is 38.9 Å². The van der Waals surface area contributed by atoms with E-state index in [1.165, 1.54) is 0 Å². The molecule has 0 aliphatic heterocycles. The average molecular weight is 376 g/mol. The van der Waals surface area contributed by atoms with Gasteiger partial charge in [-0.05, 0) is 48.2 Å². The fourth-order valence-electron chi connectivity index (χ4n) is 2.36. The number of nitrogens with zero attached hydrogens (tertiary/aromatic N) is 2. The maximum Gasteiger partial charge on any atom is 0.306 e. The normalized spacial score (nSPS) is 9.79. The van der Waals surface area contributed by atoms with Crippen LogP contribution >= 0.6 is 0 Å². The van der Waals surface area contributed by atoms with Crippen molar-refractivity contribution in [2.75, 3.05) is 0 Å². The van der Waals surface area contributed by atoms with Gasteiger partial charge in [0.05, 0.1) is 23.3 Å². The molecule has 2 aromatic carbocycles. The van der Waals surface area contributed by atoms with Gasteiger partial charge in [0, 0.05) is 12.8 Å². The standard InChI is InChI=1S/C22H20N2O4/c23-13-17-5-9-19(10-6-17)15-27-21(25)3-1-2-4-22(26)28-16-20-11-7-18(14-24)8-12-20/h5-12H,1-4,15-16H2. The molecule has 0 N–H and O–H groups in total. The van der Waals surface area contributed by atoms with Crippen molar-refractivity contribution >= 4 is 11.9 Å². The van der Waals surface area contributed by atoms with E-state index in [1.807, 2.05) is 12.1 Å². The van der Waals surface area contributed by atoms with Crippen molar-refractivity contribution in [2.24, 2.45) is 0 Å². The number of esters is 2. The van der Waals surface area contributed by atoms with Crippen LogP contribution in [0.3, 0.4) is 0 Å². The average Bonchev–Trinajstić information content (AvgIpc) is 2.74. The lowest BCUT2D eigenvalue weighted by atomic mass is 10.1. The van der Waals surface area contributed by atoms with E-state index in [9.17, 15) is 9.59 Å². The monoisotopic (exact) mass is 376 g/mol. The Hall–Kier alpha value is -3.64. The van der Waals surface area contributed by atoms with Crippen molar-refractivity contribution in [3.8, 4) is 12.1 Å². The largest absolute Gasteiger partial charge is 0.461 e. The number of benzene rings is 2. The summed E-state index contributed by atoms with van der Waals surface area (Å²) >= 11 is 0. The number of ether oxygens (including phenoxy) is 2. The third-order valence-electron chi connectivity index (χ3n) is 3.98. The van der Waals surface area contributed by atoms with Gasteiger partial charge in [-0.2, -0.15) is 10.5 Å². The first-order valence-electron chi connectivity index (χ1n) is 8.90. The molecule has 0 aliphatic carbocycles. The second kappa shape index (κ2) is 11.2. The fraction of sp³-hybridized carbons (Fsp3) is 0.273. The zero-order valence-corrected chi connectivity index (χ0v) is 15.4. The number of hydrogen-bond acceptors (Lipinski definition) is 6. The van der Waals surface area contributed by atoms with Crippen LogP contribution in [0.5, 0.6) is 0 Å². The summed E-state index contributed by atoms with van der Waals surface area (Å²) in [5, 5.41) is 17.5. The molecule has 0 aliphatic rings. The van der Waals surface area contributed by atoms with Gasteiger partial charge >= 0.3 is 11.9 Å². The van der Waals surface area contributed by atoms with Crippen molar-refractivity contribution in [3.05, 3.63) is 70.8 Å². The van der Waals surface area contributed by atoms with Crippen LogP contribution in [0.2, 0.25) is 0 Å². The zero-order valence-electron chi connectivity index (χ0n) is 15.4. The van der Waals surface area contributed by atoms with Crippen LogP contribution in [0.25, 0.3) is 0 Å². The van der Waals surface area contributed by atoms with Crippen LogP contribution in [-0.2, 0) is 32.3 Å². The van der Waals surface area contributed by atoms with E-state index < -0.39 is 0 Å². The van der Waals surface area contributed by atoms with Crippen LogP contribution < -0.4 is 0 Å². The Labute approximate surface area is 163 Å². The third-order valence-corrected chi connectivity index (χ3v) is 3.98. The summed E-state index contributed by atoms with van der Waals surface area (Å²) in [6, 6.07) is 17.7. The molecule has 6 nitrogen and oxygen atoms in total. The van der Waals surface area contributed by atoms with Crippen LogP contribution in [0.1, 0.15) is 47.9 Å². The van der Waals surface area contributed by atoms with Gasteiger partial charge in [-0.25, -0.2) is 0 Å². The van der Waals surface area contributed by atoms with E-state index in [-0.39, 0.29) is 38.0 Å². The molecule has 0 unspecified atom stereocenters. The minimum atomic E-state index is -0.324. The van der Waals surface area contributed by atoms with Crippen LogP contribution in [-0.4, -0.2) is 11.9 Å². The summed E-state index contributed by atoms with van der Waals surface area (Å²) in [7, 11) is 0. The first-order valence-corrected chi connectivity index (χ1v) is 8.90. The van der Waals surface area contributed by atoms with E-state index in [2.05, 4.69) is 0 Å². The van der Waals surface area contributed by atoms with Gasteiger partial charge in [0.25, 0.3) is 0 Å². The molecule has 2 aromatic rings. The zero-order chi connectivity index (χ0) is 20.2. The van der Waals surface area contributed by atoms with E-state index in [0.29, 0.717) is 24.0 Å².